The number of rotatable bonds is 1. The summed E-state index contributed by atoms with van der Waals surface area (Å²) in [5.74, 6) is 0.240. The van der Waals surface area contributed by atoms with Crippen molar-refractivity contribution in [2.75, 3.05) is 13.2 Å². The van der Waals surface area contributed by atoms with Crippen LogP contribution in [-0.2, 0) is 4.79 Å². The van der Waals surface area contributed by atoms with Gasteiger partial charge < -0.3 is 9.47 Å². The quantitative estimate of drug-likeness (QED) is 0.629. The van der Waals surface area contributed by atoms with Gasteiger partial charge in [-0.25, -0.2) is 0 Å². The molecule has 0 saturated heterocycles. The average Bonchev–Trinajstić information content (AvgIpc) is 2.84. The van der Waals surface area contributed by atoms with E-state index in [0.29, 0.717) is 52.0 Å². The molecule has 6 heteroatoms. The summed E-state index contributed by atoms with van der Waals surface area (Å²) in [6.07, 6.45) is 2.47. The van der Waals surface area contributed by atoms with Gasteiger partial charge in [-0.1, -0.05) is 29.8 Å². The maximum absolute atomic E-state index is 12.3. The highest BCUT2D eigenvalue weighted by atomic mass is 35.5. The molecule has 0 aromatic heterocycles. The van der Waals surface area contributed by atoms with Crippen LogP contribution in [-0.4, -0.2) is 25.0 Å². The molecule has 0 fully saturated rings. The molecule has 0 unspecified atom stereocenters. The Morgan fingerprint density at radius 1 is 1.00 bits per heavy atom. The van der Waals surface area contributed by atoms with Gasteiger partial charge in [-0.2, -0.15) is 0 Å². The zero-order valence-electron chi connectivity index (χ0n) is 13.2. The van der Waals surface area contributed by atoms with E-state index in [2.05, 4.69) is 5.32 Å². The van der Waals surface area contributed by atoms with Crippen LogP contribution < -0.4 is 14.8 Å². The Balaban J connectivity index is 1.82. The molecule has 0 atom stereocenters. The van der Waals surface area contributed by atoms with Gasteiger partial charge in [0, 0.05) is 17.6 Å². The minimum absolute atomic E-state index is 0.394. The fourth-order valence-corrected chi connectivity index (χ4v) is 3.19. The van der Waals surface area contributed by atoms with E-state index in [1.165, 1.54) is 0 Å². The van der Waals surface area contributed by atoms with Gasteiger partial charge in [0.25, 0.3) is 11.8 Å². The summed E-state index contributed by atoms with van der Waals surface area (Å²) in [5.41, 5.74) is 2.16. The van der Waals surface area contributed by atoms with Crippen LogP contribution in [0.25, 0.3) is 11.6 Å². The number of ether oxygens (including phenoxy) is 2. The van der Waals surface area contributed by atoms with E-state index in [-0.39, 0.29) is 0 Å². The molecule has 0 spiro atoms. The van der Waals surface area contributed by atoms with E-state index in [1.807, 2.05) is 0 Å². The van der Waals surface area contributed by atoms with Crippen molar-refractivity contribution in [2.24, 2.45) is 0 Å². The van der Waals surface area contributed by atoms with Crippen LogP contribution in [0.4, 0.5) is 0 Å². The number of halogens is 1. The Hall–Kier alpha value is -2.79. The third-order valence-electron chi connectivity index (χ3n) is 4.07. The second-order valence-electron chi connectivity index (χ2n) is 5.77. The molecule has 0 radical (unpaired) electrons. The predicted octanol–water partition coefficient (Wildman–Crippen LogP) is 3.31. The molecule has 25 heavy (non-hydrogen) atoms. The fraction of sp³-hybridized carbons (Fsp3) is 0.158. The molecule has 2 heterocycles. The molecule has 0 aliphatic carbocycles. The molecule has 2 aliphatic heterocycles. The van der Waals surface area contributed by atoms with Gasteiger partial charge in [-0.3, -0.25) is 14.9 Å². The molecular weight excluding hydrogens is 342 g/mol. The number of hydrogen-bond acceptors (Lipinski definition) is 4. The SMILES string of the molecule is O=C1NC(=O)c2ccccc2/C1=C\c1cc(Cl)c2c(c1)OCCCO2. The third-order valence-corrected chi connectivity index (χ3v) is 4.35. The maximum Gasteiger partial charge on any atom is 0.258 e. The first-order valence-corrected chi connectivity index (χ1v) is 8.27. The summed E-state index contributed by atoms with van der Waals surface area (Å²) in [6.45, 7) is 1.09. The molecule has 0 saturated carbocycles. The zero-order valence-corrected chi connectivity index (χ0v) is 13.9. The van der Waals surface area contributed by atoms with Crippen LogP contribution in [0.5, 0.6) is 11.5 Å². The van der Waals surface area contributed by atoms with Gasteiger partial charge in [-0.15, -0.1) is 0 Å². The molecule has 2 aromatic carbocycles. The highest BCUT2D eigenvalue weighted by Crippen LogP contribution is 2.39. The number of imide groups is 1. The van der Waals surface area contributed by atoms with Crippen molar-refractivity contribution >= 4 is 35.1 Å². The first-order valence-electron chi connectivity index (χ1n) is 7.89. The second kappa shape index (κ2) is 6.26. The molecule has 2 amide bonds. The van der Waals surface area contributed by atoms with E-state index in [9.17, 15) is 9.59 Å². The zero-order chi connectivity index (χ0) is 17.4. The summed E-state index contributed by atoms with van der Waals surface area (Å²) in [4.78, 5) is 24.3. The Morgan fingerprint density at radius 3 is 2.60 bits per heavy atom. The molecule has 4 rings (SSSR count). The molecule has 2 aliphatic rings. The van der Waals surface area contributed by atoms with Crippen LogP contribution in [0.2, 0.25) is 5.02 Å². The van der Waals surface area contributed by atoms with E-state index >= 15 is 0 Å². The first-order chi connectivity index (χ1) is 12.1. The average molecular weight is 356 g/mol. The Labute approximate surface area is 149 Å². The number of amides is 2. The van der Waals surface area contributed by atoms with E-state index in [0.717, 1.165) is 6.42 Å². The number of benzene rings is 2. The monoisotopic (exact) mass is 355 g/mol. The van der Waals surface area contributed by atoms with Crippen molar-refractivity contribution in [1.29, 1.82) is 0 Å². The smallest absolute Gasteiger partial charge is 0.258 e. The number of nitrogens with one attached hydrogen (secondary N) is 1. The lowest BCUT2D eigenvalue weighted by Gasteiger charge is -2.18. The van der Waals surface area contributed by atoms with E-state index in [4.69, 9.17) is 21.1 Å². The Kier molecular flexibility index (Phi) is 3.93. The van der Waals surface area contributed by atoms with Gasteiger partial charge >= 0.3 is 0 Å². The molecule has 126 valence electrons. The summed E-state index contributed by atoms with van der Waals surface area (Å²) in [7, 11) is 0. The van der Waals surface area contributed by atoms with Crippen LogP contribution in [0, 0.1) is 0 Å². The van der Waals surface area contributed by atoms with Crippen molar-refractivity contribution in [2.45, 2.75) is 6.42 Å². The van der Waals surface area contributed by atoms with Crippen molar-refractivity contribution in [3.63, 3.8) is 0 Å². The molecule has 2 aromatic rings. The number of carbonyl (C=O) groups is 2. The normalized spacial score (nSPS) is 17.7. The van der Waals surface area contributed by atoms with Gasteiger partial charge in [0.2, 0.25) is 0 Å². The van der Waals surface area contributed by atoms with E-state index < -0.39 is 11.8 Å². The minimum Gasteiger partial charge on any atom is -0.489 e. The summed E-state index contributed by atoms with van der Waals surface area (Å²) in [5, 5.41) is 2.78. The van der Waals surface area contributed by atoms with Crippen molar-refractivity contribution in [1.82, 2.24) is 5.32 Å². The molecule has 5 nitrogen and oxygen atoms in total. The van der Waals surface area contributed by atoms with Gasteiger partial charge in [0.1, 0.15) is 0 Å². The number of hydrogen-bond donors (Lipinski definition) is 1. The van der Waals surface area contributed by atoms with Crippen LogP contribution in [0.3, 0.4) is 0 Å². The third kappa shape index (κ3) is 2.87. The van der Waals surface area contributed by atoms with Gasteiger partial charge in [0.05, 0.1) is 18.2 Å². The molecule has 1 N–H and O–H groups in total. The number of carbonyl (C=O) groups excluding carboxylic acids is 2. The fourth-order valence-electron chi connectivity index (χ4n) is 2.92. The lowest BCUT2D eigenvalue weighted by Crippen LogP contribution is -2.36. The second-order valence-corrected chi connectivity index (χ2v) is 6.17. The summed E-state index contributed by atoms with van der Waals surface area (Å²) in [6, 6.07) is 10.5. The minimum atomic E-state index is -0.438. The summed E-state index contributed by atoms with van der Waals surface area (Å²) >= 11 is 6.31. The first kappa shape index (κ1) is 15.7. The molecule has 0 bridgehead atoms. The van der Waals surface area contributed by atoms with Crippen LogP contribution >= 0.6 is 11.6 Å². The lowest BCUT2D eigenvalue weighted by molar-refractivity contribution is -0.114. The van der Waals surface area contributed by atoms with Crippen LogP contribution in [0.1, 0.15) is 27.9 Å². The Morgan fingerprint density at radius 2 is 1.76 bits per heavy atom. The van der Waals surface area contributed by atoms with Crippen LogP contribution in [0.15, 0.2) is 36.4 Å². The largest absolute Gasteiger partial charge is 0.489 e. The van der Waals surface area contributed by atoms with Crippen molar-refractivity contribution < 1.29 is 19.1 Å². The van der Waals surface area contributed by atoms with E-state index in [1.54, 1.807) is 42.5 Å². The highest BCUT2D eigenvalue weighted by molar-refractivity contribution is 6.34. The van der Waals surface area contributed by atoms with Crippen molar-refractivity contribution in [3.05, 3.63) is 58.1 Å². The lowest BCUT2D eigenvalue weighted by atomic mass is 9.93. The predicted molar refractivity (Wildman–Crippen MR) is 93.8 cm³/mol. The topological polar surface area (TPSA) is 64.6 Å². The van der Waals surface area contributed by atoms with Crippen molar-refractivity contribution in [3.8, 4) is 11.5 Å². The van der Waals surface area contributed by atoms with Gasteiger partial charge in [0.15, 0.2) is 11.5 Å². The Bertz CT molecular complexity index is 920. The standard InChI is InChI=1S/C19H14ClNO4/c20-15-9-11(10-16-17(15)25-7-3-6-24-16)8-14-12-4-1-2-5-13(12)18(22)21-19(14)23/h1-2,4-5,8-10H,3,6-7H2,(H,21,22,23)/b14-8+. The van der Waals surface area contributed by atoms with Gasteiger partial charge in [-0.05, 0) is 35.4 Å². The number of fused-ring (bicyclic) bond motifs is 2. The highest BCUT2D eigenvalue weighted by Gasteiger charge is 2.27. The maximum atomic E-state index is 12.3. The summed E-state index contributed by atoms with van der Waals surface area (Å²) < 4.78 is 11.3. The molecular formula is C19H14ClNO4.